The Morgan fingerprint density at radius 1 is 1.24 bits per heavy atom. The standard InChI is InChI=1S/C16H18ClN3S/c17-13-5-3-12(4-6-13)15-11-21-16(18-15)20-9-8-19-7-1-2-14(19)10-20/h3-6,11,14H,1-2,7-10H2/p+1/t14-/m1/s1. The van der Waals surface area contributed by atoms with Gasteiger partial charge < -0.3 is 9.80 Å². The summed E-state index contributed by atoms with van der Waals surface area (Å²) < 4.78 is 0. The Kier molecular flexibility index (Phi) is 3.61. The van der Waals surface area contributed by atoms with Crippen LogP contribution in [0.3, 0.4) is 0 Å². The number of fused-ring (bicyclic) bond motifs is 1. The molecule has 0 amide bonds. The van der Waals surface area contributed by atoms with E-state index in [0.29, 0.717) is 0 Å². The van der Waals surface area contributed by atoms with Crippen LogP contribution >= 0.6 is 22.9 Å². The maximum absolute atomic E-state index is 5.95. The maximum Gasteiger partial charge on any atom is 0.186 e. The van der Waals surface area contributed by atoms with Crippen LogP contribution in [0.1, 0.15) is 12.8 Å². The second-order valence-corrected chi connectivity index (χ2v) is 7.24. The Labute approximate surface area is 134 Å². The van der Waals surface area contributed by atoms with Crippen molar-refractivity contribution in [1.29, 1.82) is 0 Å². The number of thiazole rings is 1. The van der Waals surface area contributed by atoms with Gasteiger partial charge in [0, 0.05) is 28.8 Å². The number of rotatable bonds is 2. The van der Waals surface area contributed by atoms with E-state index in [1.54, 1.807) is 16.2 Å². The van der Waals surface area contributed by atoms with Crippen molar-refractivity contribution in [3.05, 3.63) is 34.7 Å². The summed E-state index contributed by atoms with van der Waals surface area (Å²) in [6.45, 7) is 4.94. The van der Waals surface area contributed by atoms with Gasteiger partial charge in [-0.1, -0.05) is 23.7 Å². The third-order valence-corrected chi connectivity index (χ3v) is 5.83. The monoisotopic (exact) mass is 320 g/mol. The van der Waals surface area contributed by atoms with Gasteiger partial charge in [0.1, 0.15) is 6.04 Å². The minimum atomic E-state index is 0.773. The molecule has 3 heterocycles. The summed E-state index contributed by atoms with van der Waals surface area (Å²) in [6.07, 6.45) is 2.77. The van der Waals surface area contributed by atoms with Gasteiger partial charge in [0.25, 0.3) is 0 Å². The lowest BCUT2D eigenvalue weighted by Gasteiger charge is -2.34. The Morgan fingerprint density at radius 3 is 2.95 bits per heavy atom. The van der Waals surface area contributed by atoms with Crippen LogP contribution in [0.4, 0.5) is 5.13 Å². The molecular formula is C16H19ClN3S+. The molecule has 1 unspecified atom stereocenters. The highest BCUT2D eigenvalue weighted by atomic mass is 35.5. The van der Waals surface area contributed by atoms with Gasteiger partial charge in [-0.2, -0.15) is 0 Å². The molecular weight excluding hydrogens is 302 g/mol. The largest absolute Gasteiger partial charge is 0.336 e. The van der Waals surface area contributed by atoms with Crippen LogP contribution in [0.2, 0.25) is 5.02 Å². The Balaban J connectivity index is 1.53. The van der Waals surface area contributed by atoms with Gasteiger partial charge in [0.15, 0.2) is 5.13 Å². The minimum absolute atomic E-state index is 0.773. The van der Waals surface area contributed by atoms with Gasteiger partial charge in [-0.15, -0.1) is 11.3 Å². The van der Waals surface area contributed by atoms with Gasteiger partial charge in [-0.25, -0.2) is 4.98 Å². The van der Waals surface area contributed by atoms with Crippen LogP contribution in [-0.4, -0.2) is 37.2 Å². The fourth-order valence-corrected chi connectivity index (χ4v) is 4.50. The molecule has 5 heteroatoms. The van der Waals surface area contributed by atoms with Gasteiger partial charge in [-0.05, 0) is 12.1 Å². The zero-order valence-electron chi connectivity index (χ0n) is 11.9. The highest BCUT2D eigenvalue weighted by Crippen LogP contribution is 2.28. The summed E-state index contributed by atoms with van der Waals surface area (Å²) in [5.41, 5.74) is 2.21. The second-order valence-electron chi connectivity index (χ2n) is 5.97. The number of hydrogen-bond acceptors (Lipinski definition) is 3. The summed E-state index contributed by atoms with van der Waals surface area (Å²) in [6, 6.07) is 8.76. The van der Waals surface area contributed by atoms with E-state index in [-0.39, 0.29) is 0 Å². The maximum atomic E-state index is 5.95. The Morgan fingerprint density at radius 2 is 2.10 bits per heavy atom. The molecule has 1 aromatic heterocycles. The van der Waals surface area contributed by atoms with Crippen LogP contribution in [0.5, 0.6) is 0 Å². The first-order valence-corrected chi connectivity index (χ1v) is 8.86. The molecule has 2 atom stereocenters. The van der Waals surface area contributed by atoms with Crippen molar-refractivity contribution in [3.8, 4) is 11.3 Å². The molecule has 0 aliphatic carbocycles. The SMILES string of the molecule is Clc1ccc(-c2csc(N3CC[NH+]4CCC[C@@H]4C3)n2)cc1. The number of quaternary nitrogens is 1. The van der Waals surface area contributed by atoms with Crippen molar-refractivity contribution in [2.45, 2.75) is 18.9 Å². The zero-order chi connectivity index (χ0) is 14.2. The average molecular weight is 321 g/mol. The minimum Gasteiger partial charge on any atom is -0.336 e. The third-order valence-electron chi connectivity index (χ3n) is 4.67. The predicted molar refractivity (Wildman–Crippen MR) is 88.5 cm³/mol. The fourth-order valence-electron chi connectivity index (χ4n) is 3.51. The van der Waals surface area contributed by atoms with Gasteiger partial charge in [0.2, 0.25) is 0 Å². The number of nitrogens with one attached hydrogen (secondary N) is 1. The van der Waals surface area contributed by atoms with E-state index in [1.165, 1.54) is 37.6 Å². The molecule has 4 rings (SSSR count). The lowest BCUT2D eigenvalue weighted by molar-refractivity contribution is -0.912. The highest BCUT2D eigenvalue weighted by molar-refractivity contribution is 7.14. The third kappa shape index (κ3) is 2.68. The lowest BCUT2D eigenvalue weighted by atomic mass is 10.1. The second kappa shape index (κ2) is 5.59. The number of piperazine rings is 1. The number of hydrogen-bond donors (Lipinski definition) is 1. The predicted octanol–water partition coefficient (Wildman–Crippen LogP) is 2.33. The Hall–Kier alpha value is -1.10. The number of benzene rings is 1. The number of halogens is 1. The van der Waals surface area contributed by atoms with Crippen LogP contribution in [0.15, 0.2) is 29.6 Å². The first-order valence-electron chi connectivity index (χ1n) is 7.60. The molecule has 2 aliphatic heterocycles. The zero-order valence-corrected chi connectivity index (χ0v) is 13.5. The quantitative estimate of drug-likeness (QED) is 0.916. The molecule has 21 heavy (non-hydrogen) atoms. The van der Waals surface area contributed by atoms with Crippen molar-refractivity contribution in [2.24, 2.45) is 0 Å². The topological polar surface area (TPSA) is 20.6 Å². The van der Waals surface area contributed by atoms with Crippen molar-refractivity contribution >= 4 is 28.1 Å². The molecule has 0 spiro atoms. The molecule has 2 aromatic rings. The Bertz CT molecular complexity index is 625. The van der Waals surface area contributed by atoms with Gasteiger partial charge >= 0.3 is 0 Å². The van der Waals surface area contributed by atoms with Crippen LogP contribution in [0.25, 0.3) is 11.3 Å². The summed E-state index contributed by atoms with van der Waals surface area (Å²) in [4.78, 5) is 9.12. The lowest BCUT2D eigenvalue weighted by Crippen LogP contribution is -3.16. The highest BCUT2D eigenvalue weighted by Gasteiger charge is 2.35. The summed E-state index contributed by atoms with van der Waals surface area (Å²) in [5.74, 6) is 0. The summed E-state index contributed by atoms with van der Waals surface area (Å²) in [7, 11) is 0. The number of anilines is 1. The van der Waals surface area contributed by atoms with E-state index >= 15 is 0 Å². The van der Waals surface area contributed by atoms with E-state index < -0.39 is 0 Å². The van der Waals surface area contributed by atoms with Gasteiger partial charge in [0.05, 0.1) is 31.9 Å². The van der Waals surface area contributed by atoms with E-state index in [2.05, 4.69) is 10.3 Å². The van der Waals surface area contributed by atoms with Crippen molar-refractivity contribution in [3.63, 3.8) is 0 Å². The average Bonchev–Trinajstić information content (AvgIpc) is 3.16. The number of nitrogens with zero attached hydrogens (tertiary/aromatic N) is 2. The van der Waals surface area contributed by atoms with E-state index in [1.807, 2.05) is 24.3 Å². The first-order chi connectivity index (χ1) is 10.3. The smallest absolute Gasteiger partial charge is 0.186 e. The fraction of sp³-hybridized carbons (Fsp3) is 0.438. The summed E-state index contributed by atoms with van der Waals surface area (Å²) in [5, 5.41) is 4.10. The first kappa shape index (κ1) is 13.6. The summed E-state index contributed by atoms with van der Waals surface area (Å²) >= 11 is 7.71. The van der Waals surface area contributed by atoms with Crippen LogP contribution < -0.4 is 9.80 Å². The van der Waals surface area contributed by atoms with Crippen LogP contribution in [-0.2, 0) is 0 Å². The molecule has 3 nitrogen and oxygen atoms in total. The molecule has 0 saturated carbocycles. The normalized spacial score (nSPS) is 25.1. The van der Waals surface area contributed by atoms with Crippen molar-refractivity contribution < 1.29 is 4.90 Å². The number of aromatic nitrogens is 1. The molecule has 2 saturated heterocycles. The molecule has 2 fully saturated rings. The molecule has 1 aromatic carbocycles. The van der Waals surface area contributed by atoms with Gasteiger partial charge in [-0.3, -0.25) is 0 Å². The molecule has 0 bridgehead atoms. The molecule has 0 radical (unpaired) electrons. The molecule has 110 valence electrons. The van der Waals surface area contributed by atoms with E-state index in [9.17, 15) is 0 Å². The van der Waals surface area contributed by atoms with Crippen LogP contribution in [0, 0.1) is 0 Å². The molecule has 1 N–H and O–H groups in total. The van der Waals surface area contributed by atoms with Crippen molar-refractivity contribution in [2.75, 3.05) is 31.1 Å². The van der Waals surface area contributed by atoms with E-state index in [0.717, 1.165) is 28.9 Å². The van der Waals surface area contributed by atoms with E-state index in [4.69, 9.17) is 16.6 Å². The molecule has 2 aliphatic rings. The van der Waals surface area contributed by atoms with Crippen molar-refractivity contribution in [1.82, 2.24) is 4.98 Å².